The monoisotopic (exact) mass is 400 g/mol. The smallest absolute Gasteiger partial charge is 0.315 e. The Morgan fingerprint density at radius 3 is 2.61 bits per heavy atom. The highest BCUT2D eigenvalue weighted by molar-refractivity contribution is 6.30. The van der Waals surface area contributed by atoms with Crippen LogP contribution in [-0.4, -0.2) is 49.6 Å². The van der Waals surface area contributed by atoms with Gasteiger partial charge in [-0.05, 0) is 36.9 Å². The second-order valence-corrected chi connectivity index (χ2v) is 7.44. The summed E-state index contributed by atoms with van der Waals surface area (Å²) in [5.74, 6) is -0.00443. The Bertz CT molecular complexity index is 798. The third kappa shape index (κ3) is 5.71. The van der Waals surface area contributed by atoms with Gasteiger partial charge in [0.25, 0.3) is 0 Å². The van der Waals surface area contributed by atoms with Gasteiger partial charge in [-0.25, -0.2) is 4.79 Å². The Kier molecular flexibility index (Phi) is 6.90. The lowest BCUT2D eigenvalue weighted by Gasteiger charge is -2.19. The molecule has 1 atom stereocenters. The molecule has 7 heteroatoms. The minimum atomic E-state index is -0.246. The minimum absolute atomic E-state index is 0.00443. The van der Waals surface area contributed by atoms with Gasteiger partial charge in [-0.1, -0.05) is 41.9 Å². The Balaban J connectivity index is 1.39. The van der Waals surface area contributed by atoms with Crippen LogP contribution in [0.1, 0.15) is 12.0 Å². The SMILES string of the molecule is CN(CCNC(=O)NC1CC(=O)N(c2ccc(Cl)cc2)C1)Cc1ccccc1. The molecule has 2 aromatic carbocycles. The molecule has 1 unspecified atom stereocenters. The fourth-order valence-corrected chi connectivity index (χ4v) is 3.37. The van der Waals surface area contributed by atoms with E-state index < -0.39 is 0 Å². The van der Waals surface area contributed by atoms with Crippen molar-refractivity contribution in [2.24, 2.45) is 0 Å². The van der Waals surface area contributed by atoms with Gasteiger partial charge in [-0.2, -0.15) is 0 Å². The first-order chi connectivity index (χ1) is 13.5. The molecular formula is C21H25ClN4O2. The van der Waals surface area contributed by atoms with Gasteiger partial charge in [-0.3, -0.25) is 4.79 Å². The van der Waals surface area contributed by atoms with Gasteiger partial charge in [-0.15, -0.1) is 0 Å². The van der Waals surface area contributed by atoms with Gasteiger partial charge in [0, 0.05) is 43.3 Å². The van der Waals surface area contributed by atoms with Crippen molar-refractivity contribution in [3.05, 3.63) is 65.2 Å². The van der Waals surface area contributed by atoms with Crippen molar-refractivity contribution >= 4 is 29.2 Å². The number of amides is 3. The number of benzene rings is 2. The molecule has 0 spiro atoms. The predicted molar refractivity (Wildman–Crippen MR) is 112 cm³/mol. The van der Waals surface area contributed by atoms with E-state index in [1.54, 1.807) is 17.0 Å². The molecule has 0 saturated carbocycles. The third-order valence-corrected chi connectivity index (χ3v) is 4.92. The number of likely N-dealkylation sites (N-methyl/N-ethyl adjacent to an activating group) is 1. The van der Waals surface area contributed by atoms with E-state index in [-0.39, 0.29) is 18.0 Å². The summed E-state index contributed by atoms with van der Waals surface area (Å²) in [6.45, 7) is 2.57. The van der Waals surface area contributed by atoms with Crippen LogP contribution in [0.2, 0.25) is 5.02 Å². The summed E-state index contributed by atoms with van der Waals surface area (Å²) in [6.07, 6.45) is 0.296. The topological polar surface area (TPSA) is 64.7 Å². The van der Waals surface area contributed by atoms with Crippen molar-refractivity contribution in [3.63, 3.8) is 0 Å². The zero-order valence-electron chi connectivity index (χ0n) is 15.9. The summed E-state index contributed by atoms with van der Waals surface area (Å²) in [7, 11) is 2.02. The quantitative estimate of drug-likeness (QED) is 0.751. The molecule has 3 amide bonds. The first-order valence-corrected chi connectivity index (χ1v) is 9.72. The number of halogens is 1. The van der Waals surface area contributed by atoms with E-state index in [4.69, 9.17) is 11.6 Å². The van der Waals surface area contributed by atoms with Gasteiger partial charge >= 0.3 is 6.03 Å². The van der Waals surface area contributed by atoms with E-state index in [0.29, 0.717) is 24.5 Å². The number of rotatable bonds is 7. The van der Waals surface area contributed by atoms with Crippen LogP contribution < -0.4 is 15.5 Å². The zero-order valence-corrected chi connectivity index (χ0v) is 16.7. The second kappa shape index (κ2) is 9.57. The van der Waals surface area contributed by atoms with Crippen molar-refractivity contribution < 1.29 is 9.59 Å². The fourth-order valence-electron chi connectivity index (χ4n) is 3.25. The van der Waals surface area contributed by atoms with E-state index in [0.717, 1.165) is 18.8 Å². The molecule has 148 valence electrons. The molecule has 1 aliphatic rings. The van der Waals surface area contributed by atoms with E-state index >= 15 is 0 Å². The molecule has 3 rings (SSSR count). The largest absolute Gasteiger partial charge is 0.337 e. The average molecular weight is 401 g/mol. The maximum atomic E-state index is 12.2. The summed E-state index contributed by atoms with van der Waals surface area (Å²) >= 11 is 5.90. The molecule has 1 heterocycles. The first kappa shape index (κ1) is 20.2. The van der Waals surface area contributed by atoms with Crippen molar-refractivity contribution in [2.75, 3.05) is 31.6 Å². The first-order valence-electron chi connectivity index (χ1n) is 9.34. The van der Waals surface area contributed by atoms with E-state index in [2.05, 4.69) is 27.7 Å². The highest BCUT2D eigenvalue weighted by Gasteiger charge is 2.31. The molecule has 0 aromatic heterocycles. The van der Waals surface area contributed by atoms with Crippen LogP contribution in [0.4, 0.5) is 10.5 Å². The Morgan fingerprint density at radius 2 is 1.89 bits per heavy atom. The molecule has 1 saturated heterocycles. The molecule has 0 aliphatic carbocycles. The van der Waals surface area contributed by atoms with Crippen molar-refractivity contribution in [2.45, 2.75) is 19.0 Å². The van der Waals surface area contributed by atoms with Crippen molar-refractivity contribution in [1.82, 2.24) is 15.5 Å². The summed E-state index contributed by atoms with van der Waals surface area (Å²) in [5, 5.41) is 6.38. The molecule has 0 bridgehead atoms. The van der Waals surface area contributed by atoms with Crippen LogP contribution in [-0.2, 0) is 11.3 Å². The lowest BCUT2D eigenvalue weighted by Crippen LogP contribution is -2.45. The number of carbonyl (C=O) groups excluding carboxylic acids is 2. The maximum Gasteiger partial charge on any atom is 0.315 e. The van der Waals surface area contributed by atoms with Crippen molar-refractivity contribution in [3.8, 4) is 0 Å². The van der Waals surface area contributed by atoms with Gasteiger partial charge in [0.05, 0.1) is 6.04 Å². The highest BCUT2D eigenvalue weighted by Crippen LogP contribution is 2.23. The molecule has 1 fully saturated rings. The lowest BCUT2D eigenvalue weighted by atomic mass is 10.2. The fraction of sp³-hybridized carbons (Fsp3) is 0.333. The Labute approximate surface area is 170 Å². The van der Waals surface area contributed by atoms with E-state index in [1.807, 2.05) is 37.4 Å². The molecule has 6 nitrogen and oxygen atoms in total. The van der Waals surface area contributed by atoms with Crippen molar-refractivity contribution in [1.29, 1.82) is 0 Å². The maximum absolute atomic E-state index is 12.2. The molecule has 28 heavy (non-hydrogen) atoms. The summed E-state index contributed by atoms with van der Waals surface area (Å²) < 4.78 is 0. The van der Waals surface area contributed by atoms with Crippen LogP contribution in [0, 0.1) is 0 Å². The lowest BCUT2D eigenvalue weighted by molar-refractivity contribution is -0.117. The average Bonchev–Trinajstić information content (AvgIpc) is 3.03. The summed E-state index contributed by atoms with van der Waals surface area (Å²) in [4.78, 5) is 28.2. The number of carbonyl (C=O) groups is 2. The second-order valence-electron chi connectivity index (χ2n) is 7.01. The number of urea groups is 1. The van der Waals surface area contributed by atoms with Gasteiger partial charge in [0.2, 0.25) is 5.91 Å². The normalized spacial score (nSPS) is 16.5. The summed E-state index contributed by atoms with van der Waals surface area (Å²) in [5.41, 5.74) is 2.03. The molecule has 2 aromatic rings. The molecule has 1 aliphatic heterocycles. The van der Waals surface area contributed by atoms with Crippen LogP contribution in [0.3, 0.4) is 0 Å². The van der Waals surface area contributed by atoms with Gasteiger partial charge < -0.3 is 20.4 Å². The standard InChI is InChI=1S/C21H25ClN4O2/c1-25(14-16-5-3-2-4-6-16)12-11-23-21(28)24-18-13-20(27)26(15-18)19-9-7-17(22)8-10-19/h2-10,18H,11-15H2,1H3,(H2,23,24,28). The molecular weight excluding hydrogens is 376 g/mol. The minimum Gasteiger partial charge on any atom is -0.337 e. The number of hydrogen-bond donors (Lipinski definition) is 2. The van der Waals surface area contributed by atoms with Gasteiger partial charge in [0.15, 0.2) is 0 Å². The number of nitrogens with one attached hydrogen (secondary N) is 2. The predicted octanol–water partition coefficient (Wildman–Crippen LogP) is 2.88. The van der Waals surface area contributed by atoms with Gasteiger partial charge in [0.1, 0.15) is 0 Å². The third-order valence-electron chi connectivity index (χ3n) is 4.67. The summed E-state index contributed by atoms with van der Waals surface area (Å²) in [6, 6.07) is 16.9. The highest BCUT2D eigenvalue weighted by atomic mass is 35.5. The number of anilines is 1. The molecule has 2 N–H and O–H groups in total. The van der Waals surface area contributed by atoms with E-state index in [9.17, 15) is 9.59 Å². The van der Waals surface area contributed by atoms with Crippen LogP contribution in [0.15, 0.2) is 54.6 Å². The van der Waals surface area contributed by atoms with Crippen LogP contribution >= 0.6 is 11.6 Å². The zero-order chi connectivity index (χ0) is 19.9. The van der Waals surface area contributed by atoms with E-state index in [1.165, 1.54) is 5.56 Å². The van der Waals surface area contributed by atoms with Crippen LogP contribution in [0.5, 0.6) is 0 Å². The molecule has 0 radical (unpaired) electrons. The van der Waals surface area contributed by atoms with Crippen LogP contribution in [0.25, 0.3) is 0 Å². The number of nitrogens with zero attached hydrogens (tertiary/aromatic N) is 2. The Hall–Kier alpha value is -2.57. The Morgan fingerprint density at radius 1 is 1.18 bits per heavy atom. The number of hydrogen-bond acceptors (Lipinski definition) is 3.